The lowest BCUT2D eigenvalue weighted by Crippen LogP contribution is -2.33. The number of hydrogen-bond donors (Lipinski definition) is 1. The minimum Gasteiger partial charge on any atom is -0.456 e. The number of nitrogens with one attached hydrogen (secondary N) is 1. The van der Waals surface area contributed by atoms with Gasteiger partial charge in [0.05, 0.1) is 21.7 Å². The van der Waals surface area contributed by atoms with E-state index in [4.69, 9.17) is 21.1 Å². The van der Waals surface area contributed by atoms with Gasteiger partial charge in [-0.25, -0.2) is 4.79 Å². The smallest absolute Gasteiger partial charge is 0.419 e. The Kier molecular flexibility index (Phi) is 7.65. The molecule has 184 valence electrons. The molecule has 5 nitrogen and oxygen atoms in total. The molecule has 35 heavy (non-hydrogen) atoms. The maximum Gasteiger partial charge on any atom is 0.419 e. The van der Waals surface area contributed by atoms with Crippen molar-refractivity contribution in [3.05, 3.63) is 86.8 Å². The van der Waals surface area contributed by atoms with Crippen LogP contribution in [0.5, 0.6) is 17.2 Å². The van der Waals surface area contributed by atoms with Crippen LogP contribution < -0.4 is 14.8 Å². The summed E-state index contributed by atoms with van der Waals surface area (Å²) in [6.45, 7) is 0. The topological polar surface area (TPSA) is 64.6 Å². The highest BCUT2D eigenvalue weighted by atomic mass is 79.9. The Balaban J connectivity index is 1.73. The molecule has 0 unspecified atom stereocenters. The first-order valence-corrected chi connectivity index (χ1v) is 10.5. The van der Waals surface area contributed by atoms with E-state index in [1.165, 1.54) is 12.1 Å². The van der Waals surface area contributed by atoms with Crippen LogP contribution in [-0.2, 0) is 12.4 Å². The third kappa shape index (κ3) is 6.89. The summed E-state index contributed by atoms with van der Waals surface area (Å²) in [5.41, 5.74) is -2.18. The van der Waals surface area contributed by atoms with E-state index in [1.807, 2.05) is 5.32 Å². The second-order valence-electron chi connectivity index (χ2n) is 6.76. The lowest BCUT2D eigenvalue weighted by atomic mass is 10.2. The van der Waals surface area contributed by atoms with Crippen LogP contribution in [0.4, 0.5) is 31.1 Å². The largest absolute Gasteiger partial charge is 0.456 e. The van der Waals surface area contributed by atoms with E-state index >= 15 is 0 Å². The van der Waals surface area contributed by atoms with Crippen molar-refractivity contribution in [2.75, 3.05) is 0 Å². The van der Waals surface area contributed by atoms with Gasteiger partial charge in [-0.3, -0.25) is 10.1 Å². The van der Waals surface area contributed by atoms with E-state index in [0.29, 0.717) is 12.1 Å². The summed E-state index contributed by atoms with van der Waals surface area (Å²) < 4.78 is 87.1. The maximum absolute atomic E-state index is 12.8. The van der Waals surface area contributed by atoms with Crippen molar-refractivity contribution < 1.29 is 45.4 Å². The molecule has 0 aliphatic rings. The fraction of sp³-hybridized carbons (Fsp3) is 0.0909. The fourth-order valence-electron chi connectivity index (χ4n) is 2.66. The number of hydrogen-bond acceptors (Lipinski definition) is 4. The van der Waals surface area contributed by atoms with Gasteiger partial charge in [0.2, 0.25) is 0 Å². The molecule has 3 aromatic rings. The average Bonchev–Trinajstić information content (AvgIpc) is 2.75. The van der Waals surface area contributed by atoms with Gasteiger partial charge < -0.3 is 9.47 Å². The first-order chi connectivity index (χ1) is 16.2. The van der Waals surface area contributed by atoms with Crippen LogP contribution >= 0.6 is 27.5 Å². The summed E-state index contributed by atoms with van der Waals surface area (Å²) in [6, 6.07) is 9.81. The Hall–Kier alpha value is -3.25. The molecule has 0 saturated carbocycles. The monoisotopic (exact) mass is 581 g/mol. The molecule has 0 atom stereocenters. The molecule has 0 aromatic heterocycles. The van der Waals surface area contributed by atoms with Crippen molar-refractivity contribution in [2.24, 2.45) is 0 Å². The van der Waals surface area contributed by atoms with Gasteiger partial charge in [0, 0.05) is 4.47 Å². The number of benzene rings is 3. The summed E-state index contributed by atoms with van der Waals surface area (Å²) in [5, 5.41) is 1.52. The molecule has 1 N–H and O–H groups in total. The number of carbonyl (C=O) groups is 2. The van der Waals surface area contributed by atoms with Crippen LogP contribution in [0.25, 0.3) is 0 Å². The molecule has 0 bridgehead atoms. The molecular formula is C22H11BrClF6NO4. The van der Waals surface area contributed by atoms with E-state index in [-0.39, 0.29) is 26.6 Å². The molecule has 0 aliphatic heterocycles. The number of imide groups is 1. The second kappa shape index (κ2) is 10.2. The van der Waals surface area contributed by atoms with Crippen LogP contribution in [0.3, 0.4) is 0 Å². The van der Waals surface area contributed by atoms with Crippen molar-refractivity contribution >= 4 is 39.5 Å². The lowest BCUT2D eigenvalue weighted by Gasteiger charge is -2.13. The summed E-state index contributed by atoms with van der Waals surface area (Å²) in [4.78, 5) is 24.5. The highest BCUT2D eigenvalue weighted by molar-refractivity contribution is 9.10. The summed E-state index contributed by atoms with van der Waals surface area (Å²) >= 11 is 8.96. The van der Waals surface area contributed by atoms with E-state index in [0.717, 1.165) is 36.4 Å². The summed E-state index contributed by atoms with van der Waals surface area (Å²) in [6.07, 6.45) is -10.6. The standard InChI is InChI=1S/C22H11BrClF6NO4/c23-16-6-5-14(34-18-7-4-12(9-17(18)24)22(28,29)30)10-15(16)19(32)31-20(33)35-13-3-1-2-11(8-13)21(25,26)27/h1-10H,(H,31,32,33). The third-order valence-corrected chi connectivity index (χ3v) is 5.24. The van der Waals surface area contributed by atoms with E-state index in [2.05, 4.69) is 15.9 Å². The van der Waals surface area contributed by atoms with Gasteiger partial charge in [0.15, 0.2) is 0 Å². The highest BCUT2D eigenvalue weighted by Crippen LogP contribution is 2.37. The first-order valence-electron chi connectivity index (χ1n) is 9.28. The van der Waals surface area contributed by atoms with E-state index in [1.54, 1.807) is 0 Å². The normalized spacial score (nSPS) is 11.7. The van der Waals surface area contributed by atoms with Crippen molar-refractivity contribution in [3.63, 3.8) is 0 Å². The van der Waals surface area contributed by atoms with Crippen LogP contribution in [-0.4, -0.2) is 12.0 Å². The summed E-state index contributed by atoms with van der Waals surface area (Å²) in [7, 11) is 0. The molecule has 0 heterocycles. The van der Waals surface area contributed by atoms with Gasteiger partial charge in [-0.05, 0) is 70.5 Å². The maximum atomic E-state index is 12.8. The number of carbonyl (C=O) groups excluding carboxylic acids is 2. The Morgan fingerprint density at radius 2 is 1.49 bits per heavy atom. The quantitative estimate of drug-likeness (QED) is 0.318. The molecule has 3 rings (SSSR count). The molecule has 2 amide bonds. The minimum atomic E-state index is -4.66. The van der Waals surface area contributed by atoms with Crippen LogP contribution in [0.1, 0.15) is 21.5 Å². The molecule has 3 aromatic carbocycles. The molecule has 0 spiro atoms. The third-order valence-electron chi connectivity index (χ3n) is 4.26. The Bertz CT molecular complexity index is 1280. The number of rotatable bonds is 4. The average molecular weight is 583 g/mol. The molecular weight excluding hydrogens is 572 g/mol. The zero-order valence-electron chi connectivity index (χ0n) is 16.9. The fourth-order valence-corrected chi connectivity index (χ4v) is 3.30. The van der Waals surface area contributed by atoms with Crippen LogP contribution in [0.2, 0.25) is 5.02 Å². The lowest BCUT2D eigenvalue weighted by molar-refractivity contribution is -0.138. The van der Waals surface area contributed by atoms with Gasteiger partial charge >= 0.3 is 18.4 Å². The highest BCUT2D eigenvalue weighted by Gasteiger charge is 2.32. The molecule has 0 fully saturated rings. The van der Waals surface area contributed by atoms with Gasteiger partial charge in [-0.1, -0.05) is 17.7 Å². The van der Waals surface area contributed by atoms with E-state index in [9.17, 15) is 35.9 Å². The van der Waals surface area contributed by atoms with Crippen LogP contribution in [0, 0.1) is 0 Å². The zero-order valence-corrected chi connectivity index (χ0v) is 19.3. The zero-order chi connectivity index (χ0) is 26.0. The SMILES string of the molecule is O=C(NC(=O)c1cc(Oc2ccc(C(F)(F)F)cc2Cl)ccc1Br)Oc1cccc(C(F)(F)F)c1. The Labute approximate surface area is 206 Å². The van der Waals surface area contributed by atoms with Gasteiger partial charge in [-0.15, -0.1) is 0 Å². The van der Waals surface area contributed by atoms with Gasteiger partial charge in [0.1, 0.15) is 17.2 Å². The summed E-state index contributed by atoms with van der Waals surface area (Å²) in [5.74, 6) is -1.58. The van der Waals surface area contributed by atoms with E-state index < -0.39 is 41.2 Å². The van der Waals surface area contributed by atoms with Gasteiger partial charge in [-0.2, -0.15) is 26.3 Å². The predicted octanol–water partition coefficient (Wildman–Crippen LogP) is 7.86. The second-order valence-corrected chi connectivity index (χ2v) is 8.02. The van der Waals surface area contributed by atoms with Gasteiger partial charge in [0.25, 0.3) is 5.91 Å². The predicted molar refractivity (Wildman–Crippen MR) is 116 cm³/mol. The Morgan fingerprint density at radius 3 is 2.11 bits per heavy atom. The van der Waals surface area contributed by atoms with Crippen molar-refractivity contribution in [2.45, 2.75) is 12.4 Å². The molecule has 0 radical (unpaired) electrons. The molecule has 0 aliphatic carbocycles. The molecule has 13 heteroatoms. The number of alkyl halides is 6. The van der Waals surface area contributed by atoms with Crippen molar-refractivity contribution in [3.8, 4) is 17.2 Å². The van der Waals surface area contributed by atoms with Crippen LogP contribution in [0.15, 0.2) is 65.1 Å². The minimum absolute atomic E-state index is 0.00810. The number of ether oxygens (including phenoxy) is 2. The van der Waals surface area contributed by atoms with Crippen molar-refractivity contribution in [1.29, 1.82) is 0 Å². The Morgan fingerprint density at radius 1 is 0.829 bits per heavy atom. The number of amides is 2. The van der Waals surface area contributed by atoms with Crippen molar-refractivity contribution in [1.82, 2.24) is 5.32 Å². The number of halogens is 8. The molecule has 0 saturated heterocycles. The first kappa shape index (κ1) is 26.4.